The zero-order valence-corrected chi connectivity index (χ0v) is 17.4. The summed E-state index contributed by atoms with van der Waals surface area (Å²) >= 11 is 1.35. The van der Waals surface area contributed by atoms with Crippen LogP contribution < -0.4 is 9.64 Å². The molecule has 0 fully saturated rings. The maximum absolute atomic E-state index is 13.4. The zero-order chi connectivity index (χ0) is 21.8. The van der Waals surface area contributed by atoms with Gasteiger partial charge in [-0.25, -0.2) is 4.98 Å². The van der Waals surface area contributed by atoms with Crippen molar-refractivity contribution in [2.45, 2.75) is 13.5 Å². The van der Waals surface area contributed by atoms with Gasteiger partial charge < -0.3 is 4.74 Å². The molecule has 0 radical (unpaired) electrons. The number of fused-ring (bicyclic) bond motifs is 1. The summed E-state index contributed by atoms with van der Waals surface area (Å²) in [6.45, 7) is 2.56. The van der Waals surface area contributed by atoms with Gasteiger partial charge in [0.1, 0.15) is 11.3 Å². The molecule has 4 aromatic rings. The molecule has 31 heavy (non-hydrogen) atoms. The van der Waals surface area contributed by atoms with Gasteiger partial charge in [0, 0.05) is 23.9 Å². The Labute approximate surface area is 181 Å². The van der Waals surface area contributed by atoms with Crippen LogP contribution in [0.1, 0.15) is 23.0 Å². The Morgan fingerprint density at radius 3 is 2.74 bits per heavy atom. The minimum absolute atomic E-state index is 0.147. The van der Waals surface area contributed by atoms with E-state index in [-0.39, 0.29) is 17.8 Å². The van der Waals surface area contributed by atoms with Gasteiger partial charge >= 0.3 is 0 Å². The molecule has 2 aromatic heterocycles. The second kappa shape index (κ2) is 8.88. The van der Waals surface area contributed by atoms with Crippen molar-refractivity contribution in [3.05, 3.63) is 88.2 Å². The largest absolute Gasteiger partial charge is 0.492 e. The average Bonchev–Trinajstić information content (AvgIpc) is 3.23. The number of benzene rings is 2. The lowest BCUT2D eigenvalue weighted by Gasteiger charge is -2.19. The third-order valence-electron chi connectivity index (χ3n) is 4.50. The number of hydrogen-bond donors (Lipinski definition) is 0. The van der Waals surface area contributed by atoms with Crippen LogP contribution in [0.25, 0.3) is 10.2 Å². The summed E-state index contributed by atoms with van der Waals surface area (Å²) in [4.78, 5) is 34.5. The summed E-state index contributed by atoms with van der Waals surface area (Å²) in [5.41, 5.74) is 1.40. The Morgan fingerprint density at radius 1 is 1.16 bits per heavy atom. The second-order valence-electron chi connectivity index (χ2n) is 6.55. The molecule has 0 unspecified atom stereocenters. The van der Waals surface area contributed by atoms with Crippen LogP contribution in [0.2, 0.25) is 0 Å². The zero-order valence-electron chi connectivity index (χ0n) is 16.6. The fourth-order valence-electron chi connectivity index (χ4n) is 3.09. The first kappa shape index (κ1) is 20.4. The SMILES string of the molecule is CCOc1cccc2sc(N(Cc3ccccn3)C(=O)c3cccc([N+](=O)[O-])c3)nc12. The van der Waals surface area contributed by atoms with Gasteiger partial charge in [0.25, 0.3) is 11.6 Å². The molecule has 0 saturated carbocycles. The Bertz CT molecular complexity index is 1240. The van der Waals surface area contributed by atoms with E-state index in [2.05, 4.69) is 9.97 Å². The van der Waals surface area contributed by atoms with Crippen LogP contribution in [0.4, 0.5) is 10.8 Å². The van der Waals surface area contributed by atoms with Gasteiger partial charge in [-0.2, -0.15) is 0 Å². The normalized spacial score (nSPS) is 10.7. The predicted octanol–water partition coefficient (Wildman–Crippen LogP) is 4.85. The van der Waals surface area contributed by atoms with E-state index in [0.29, 0.717) is 28.7 Å². The van der Waals surface area contributed by atoms with Crippen molar-refractivity contribution in [2.75, 3.05) is 11.5 Å². The Morgan fingerprint density at radius 2 is 2.00 bits per heavy atom. The fourth-order valence-corrected chi connectivity index (χ4v) is 4.07. The van der Waals surface area contributed by atoms with Crippen molar-refractivity contribution < 1.29 is 14.5 Å². The van der Waals surface area contributed by atoms with Crippen LogP contribution in [0.5, 0.6) is 5.75 Å². The van der Waals surface area contributed by atoms with Crippen molar-refractivity contribution in [2.24, 2.45) is 0 Å². The van der Waals surface area contributed by atoms with E-state index in [1.807, 2.05) is 37.3 Å². The molecule has 0 saturated heterocycles. The van der Waals surface area contributed by atoms with Crippen LogP contribution >= 0.6 is 11.3 Å². The summed E-state index contributed by atoms with van der Waals surface area (Å²) < 4.78 is 6.54. The lowest BCUT2D eigenvalue weighted by Crippen LogP contribution is -2.30. The number of rotatable bonds is 7. The molecule has 8 nitrogen and oxygen atoms in total. The number of thiazole rings is 1. The van der Waals surface area contributed by atoms with E-state index in [0.717, 1.165) is 4.70 Å². The maximum atomic E-state index is 13.4. The lowest BCUT2D eigenvalue weighted by molar-refractivity contribution is -0.384. The molecule has 156 valence electrons. The third kappa shape index (κ3) is 4.36. The monoisotopic (exact) mass is 434 g/mol. The standard InChI is InChI=1S/C22H18N4O4S/c1-2-30-18-10-6-11-19-20(18)24-22(31-19)25(14-16-8-3-4-12-23-16)21(27)15-7-5-9-17(13-15)26(28)29/h3-13H,2,14H2,1H3. The highest BCUT2D eigenvalue weighted by Crippen LogP contribution is 2.35. The molecule has 2 aromatic carbocycles. The van der Waals surface area contributed by atoms with Gasteiger partial charge in [0.15, 0.2) is 5.13 Å². The smallest absolute Gasteiger partial charge is 0.270 e. The Balaban J connectivity index is 1.79. The van der Waals surface area contributed by atoms with Gasteiger partial charge in [-0.15, -0.1) is 0 Å². The molecular formula is C22H18N4O4S. The molecule has 9 heteroatoms. The van der Waals surface area contributed by atoms with Crippen molar-refractivity contribution in [3.63, 3.8) is 0 Å². The quantitative estimate of drug-likeness (QED) is 0.305. The average molecular weight is 434 g/mol. The van der Waals surface area contributed by atoms with Crippen molar-refractivity contribution in [1.29, 1.82) is 0 Å². The first-order chi connectivity index (χ1) is 15.1. The number of para-hydroxylation sites is 1. The minimum Gasteiger partial charge on any atom is -0.492 e. The number of nitro benzene ring substituents is 1. The third-order valence-corrected chi connectivity index (χ3v) is 5.54. The number of ether oxygens (including phenoxy) is 1. The van der Waals surface area contributed by atoms with E-state index in [1.165, 1.54) is 34.4 Å². The second-order valence-corrected chi connectivity index (χ2v) is 7.56. The molecule has 0 aliphatic carbocycles. The van der Waals surface area contributed by atoms with Crippen LogP contribution in [0.15, 0.2) is 66.9 Å². The van der Waals surface area contributed by atoms with Gasteiger partial charge in [-0.3, -0.25) is 24.8 Å². The highest BCUT2D eigenvalue weighted by molar-refractivity contribution is 7.22. The molecule has 2 heterocycles. The molecule has 0 spiro atoms. The Kier molecular flexibility index (Phi) is 5.85. The Hall–Kier alpha value is -3.85. The topological polar surface area (TPSA) is 98.5 Å². The van der Waals surface area contributed by atoms with E-state index >= 15 is 0 Å². The molecular weight excluding hydrogens is 416 g/mol. The first-order valence-electron chi connectivity index (χ1n) is 9.55. The summed E-state index contributed by atoms with van der Waals surface area (Å²) in [6.07, 6.45) is 1.65. The highest BCUT2D eigenvalue weighted by atomic mass is 32.1. The number of hydrogen-bond acceptors (Lipinski definition) is 7. The fraction of sp³-hybridized carbons (Fsp3) is 0.136. The first-order valence-corrected chi connectivity index (χ1v) is 10.4. The van der Waals surface area contributed by atoms with E-state index in [1.54, 1.807) is 18.3 Å². The number of aromatic nitrogens is 2. The van der Waals surface area contributed by atoms with Gasteiger partial charge in [-0.1, -0.05) is 29.5 Å². The predicted molar refractivity (Wildman–Crippen MR) is 119 cm³/mol. The molecule has 0 bridgehead atoms. The number of anilines is 1. The van der Waals surface area contributed by atoms with E-state index < -0.39 is 10.8 Å². The maximum Gasteiger partial charge on any atom is 0.270 e. The highest BCUT2D eigenvalue weighted by Gasteiger charge is 2.24. The summed E-state index contributed by atoms with van der Waals surface area (Å²) in [7, 11) is 0. The number of non-ortho nitro benzene ring substituents is 1. The summed E-state index contributed by atoms with van der Waals surface area (Å²) in [5, 5.41) is 11.6. The molecule has 0 aliphatic rings. The molecule has 4 rings (SSSR count). The summed E-state index contributed by atoms with van der Waals surface area (Å²) in [6, 6.07) is 16.7. The molecule has 0 aliphatic heterocycles. The van der Waals surface area contributed by atoms with Crippen molar-refractivity contribution >= 4 is 38.3 Å². The number of carbonyl (C=O) groups is 1. The van der Waals surface area contributed by atoms with Crippen LogP contribution in [0, 0.1) is 10.1 Å². The number of nitrogens with zero attached hydrogens (tertiary/aromatic N) is 4. The van der Waals surface area contributed by atoms with Crippen molar-refractivity contribution in [3.8, 4) is 5.75 Å². The van der Waals surface area contributed by atoms with Gasteiger partial charge in [0.05, 0.1) is 28.5 Å². The molecule has 0 N–H and O–H groups in total. The molecule has 0 atom stereocenters. The number of pyridine rings is 1. The van der Waals surface area contributed by atoms with E-state index in [9.17, 15) is 14.9 Å². The van der Waals surface area contributed by atoms with Crippen LogP contribution in [-0.4, -0.2) is 27.4 Å². The van der Waals surface area contributed by atoms with Crippen LogP contribution in [0.3, 0.4) is 0 Å². The number of amides is 1. The lowest BCUT2D eigenvalue weighted by atomic mass is 10.1. The van der Waals surface area contributed by atoms with E-state index in [4.69, 9.17) is 4.74 Å². The number of nitro groups is 1. The number of carbonyl (C=O) groups excluding carboxylic acids is 1. The van der Waals surface area contributed by atoms with Gasteiger partial charge in [0.2, 0.25) is 0 Å². The van der Waals surface area contributed by atoms with Gasteiger partial charge in [-0.05, 0) is 37.3 Å². The minimum atomic E-state index is -0.522. The van der Waals surface area contributed by atoms with Crippen LogP contribution in [-0.2, 0) is 6.54 Å². The molecule has 1 amide bonds. The van der Waals surface area contributed by atoms with Crippen molar-refractivity contribution in [1.82, 2.24) is 9.97 Å². The summed E-state index contributed by atoms with van der Waals surface area (Å²) in [5.74, 6) is 0.245.